The summed E-state index contributed by atoms with van der Waals surface area (Å²) >= 11 is 0. The van der Waals surface area contributed by atoms with E-state index in [0.29, 0.717) is 12.0 Å². The molecule has 0 spiro atoms. The third kappa shape index (κ3) is 3.68. The van der Waals surface area contributed by atoms with Crippen LogP contribution in [0.2, 0.25) is 0 Å². The van der Waals surface area contributed by atoms with Crippen molar-refractivity contribution in [1.82, 2.24) is 15.0 Å². The number of nitrogens with zero attached hydrogens (tertiary/aromatic N) is 3. The van der Waals surface area contributed by atoms with Gasteiger partial charge in [0.1, 0.15) is 0 Å². The summed E-state index contributed by atoms with van der Waals surface area (Å²) in [5.74, 6) is 1.98. The Balaban J connectivity index is 2.09. The van der Waals surface area contributed by atoms with Crippen LogP contribution in [0, 0.1) is 11.8 Å². The Morgan fingerprint density at radius 1 is 0.895 bits per heavy atom. The van der Waals surface area contributed by atoms with Gasteiger partial charge in [-0.15, -0.1) is 4.98 Å². The van der Waals surface area contributed by atoms with Crippen LogP contribution in [0.25, 0.3) is 0 Å². The number of rotatable bonds is 4. The number of aromatic nitrogens is 3. The first-order valence-electron chi connectivity index (χ1n) is 6.71. The number of methoxy groups -OCH3 is 2. The SMILES string of the molecule is COc1nc(NC2CC(C)CC(C)C2)nc(OC)n1. The first kappa shape index (κ1) is 13.8. The van der Waals surface area contributed by atoms with E-state index in [4.69, 9.17) is 9.47 Å². The van der Waals surface area contributed by atoms with E-state index in [1.54, 1.807) is 0 Å². The highest BCUT2D eigenvalue weighted by Gasteiger charge is 2.24. The zero-order valence-corrected chi connectivity index (χ0v) is 12.0. The van der Waals surface area contributed by atoms with Crippen LogP contribution < -0.4 is 14.8 Å². The highest BCUT2D eigenvalue weighted by atomic mass is 16.5. The molecule has 0 bridgehead atoms. The normalized spacial score (nSPS) is 26.8. The predicted molar refractivity (Wildman–Crippen MR) is 72.5 cm³/mol. The summed E-state index contributed by atoms with van der Waals surface area (Å²) in [4.78, 5) is 12.4. The molecule has 0 radical (unpaired) electrons. The zero-order chi connectivity index (χ0) is 13.8. The Morgan fingerprint density at radius 2 is 1.42 bits per heavy atom. The Kier molecular flexibility index (Phi) is 4.39. The molecule has 1 saturated carbocycles. The van der Waals surface area contributed by atoms with Gasteiger partial charge in [-0.05, 0) is 31.1 Å². The van der Waals surface area contributed by atoms with Crippen molar-refractivity contribution >= 4 is 5.95 Å². The minimum absolute atomic E-state index is 0.270. The zero-order valence-electron chi connectivity index (χ0n) is 12.0. The van der Waals surface area contributed by atoms with E-state index in [9.17, 15) is 0 Å². The van der Waals surface area contributed by atoms with Crippen molar-refractivity contribution in [1.29, 1.82) is 0 Å². The molecule has 1 N–H and O–H groups in total. The number of nitrogens with one attached hydrogen (secondary N) is 1. The molecule has 0 amide bonds. The van der Waals surface area contributed by atoms with E-state index in [-0.39, 0.29) is 12.0 Å². The summed E-state index contributed by atoms with van der Waals surface area (Å²) in [6.07, 6.45) is 3.57. The monoisotopic (exact) mass is 266 g/mol. The molecule has 6 heteroatoms. The molecule has 0 aliphatic heterocycles. The first-order valence-corrected chi connectivity index (χ1v) is 6.71. The van der Waals surface area contributed by atoms with E-state index < -0.39 is 0 Å². The van der Waals surface area contributed by atoms with Gasteiger partial charge in [-0.1, -0.05) is 13.8 Å². The van der Waals surface area contributed by atoms with Crippen molar-refractivity contribution in [3.63, 3.8) is 0 Å². The van der Waals surface area contributed by atoms with Crippen LogP contribution in [0.4, 0.5) is 5.95 Å². The molecule has 2 unspecified atom stereocenters. The highest BCUT2D eigenvalue weighted by Crippen LogP contribution is 2.30. The van der Waals surface area contributed by atoms with Crippen molar-refractivity contribution in [3.05, 3.63) is 0 Å². The number of ether oxygens (including phenoxy) is 2. The summed E-state index contributed by atoms with van der Waals surface area (Å²) in [6, 6.07) is 0.938. The molecule has 1 aromatic heterocycles. The van der Waals surface area contributed by atoms with Crippen LogP contribution in [0.1, 0.15) is 33.1 Å². The van der Waals surface area contributed by atoms with E-state index in [0.717, 1.165) is 24.7 Å². The fourth-order valence-corrected chi connectivity index (χ4v) is 2.83. The molecule has 2 rings (SSSR count). The van der Waals surface area contributed by atoms with Crippen LogP contribution in [0.15, 0.2) is 0 Å². The van der Waals surface area contributed by atoms with Gasteiger partial charge in [0.05, 0.1) is 14.2 Å². The third-order valence-electron chi connectivity index (χ3n) is 3.47. The minimum Gasteiger partial charge on any atom is -0.467 e. The quantitative estimate of drug-likeness (QED) is 0.900. The average Bonchev–Trinajstić information content (AvgIpc) is 2.37. The molecule has 1 heterocycles. The summed E-state index contributed by atoms with van der Waals surface area (Å²) in [7, 11) is 3.06. The van der Waals surface area contributed by atoms with Crippen LogP contribution in [-0.2, 0) is 0 Å². The van der Waals surface area contributed by atoms with Crippen molar-refractivity contribution < 1.29 is 9.47 Å². The molecule has 2 atom stereocenters. The smallest absolute Gasteiger partial charge is 0.324 e. The summed E-state index contributed by atoms with van der Waals surface area (Å²) in [5, 5.41) is 3.37. The number of hydrogen-bond donors (Lipinski definition) is 1. The Bertz CT molecular complexity index is 395. The van der Waals surface area contributed by atoms with Crippen molar-refractivity contribution in [2.45, 2.75) is 39.2 Å². The van der Waals surface area contributed by atoms with Crippen LogP contribution in [0.3, 0.4) is 0 Å². The summed E-state index contributed by atoms with van der Waals surface area (Å²) < 4.78 is 10.1. The van der Waals surface area contributed by atoms with Gasteiger partial charge < -0.3 is 14.8 Å². The van der Waals surface area contributed by atoms with Gasteiger partial charge in [-0.2, -0.15) is 9.97 Å². The van der Waals surface area contributed by atoms with E-state index in [1.807, 2.05) is 0 Å². The van der Waals surface area contributed by atoms with E-state index >= 15 is 0 Å². The molecule has 106 valence electrons. The lowest BCUT2D eigenvalue weighted by Gasteiger charge is -2.31. The summed E-state index contributed by atoms with van der Waals surface area (Å²) in [5.41, 5.74) is 0. The van der Waals surface area contributed by atoms with Crippen molar-refractivity contribution in [2.75, 3.05) is 19.5 Å². The van der Waals surface area contributed by atoms with Gasteiger partial charge in [-0.3, -0.25) is 0 Å². The molecule has 19 heavy (non-hydrogen) atoms. The molecular weight excluding hydrogens is 244 g/mol. The lowest BCUT2D eigenvalue weighted by molar-refractivity contribution is 0.279. The lowest BCUT2D eigenvalue weighted by atomic mass is 9.80. The molecule has 0 saturated heterocycles. The highest BCUT2D eigenvalue weighted by molar-refractivity contribution is 5.29. The van der Waals surface area contributed by atoms with Gasteiger partial charge in [0, 0.05) is 6.04 Å². The standard InChI is InChI=1S/C13H22N4O2/c1-8-5-9(2)7-10(6-8)14-11-15-12(18-3)17-13(16-11)19-4/h8-10H,5-7H2,1-4H3,(H,14,15,16,17). The topological polar surface area (TPSA) is 69.2 Å². The van der Waals surface area contributed by atoms with Gasteiger partial charge in [-0.25, -0.2) is 0 Å². The van der Waals surface area contributed by atoms with Crippen LogP contribution >= 0.6 is 0 Å². The van der Waals surface area contributed by atoms with Gasteiger partial charge in [0.2, 0.25) is 5.95 Å². The first-order chi connectivity index (χ1) is 9.10. The summed E-state index contributed by atoms with van der Waals surface area (Å²) in [6.45, 7) is 4.58. The fraction of sp³-hybridized carbons (Fsp3) is 0.769. The number of hydrogen-bond acceptors (Lipinski definition) is 6. The Morgan fingerprint density at radius 3 is 1.89 bits per heavy atom. The average molecular weight is 266 g/mol. The maximum Gasteiger partial charge on any atom is 0.324 e. The van der Waals surface area contributed by atoms with Gasteiger partial charge in [0.15, 0.2) is 0 Å². The molecule has 1 aliphatic carbocycles. The Labute approximate surface area is 114 Å². The lowest BCUT2D eigenvalue weighted by Crippen LogP contribution is -2.31. The van der Waals surface area contributed by atoms with Crippen LogP contribution in [-0.4, -0.2) is 35.2 Å². The molecule has 1 aromatic rings. The van der Waals surface area contributed by atoms with Crippen molar-refractivity contribution in [2.24, 2.45) is 11.8 Å². The predicted octanol–water partition coefficient (Wildman–Crippen LogP) is 2.13. The maximum atomic E-state index is 5.05. The molecule has 1 fully saturated rings. The van der Waals surface area contributed by atoms with Gasteiger partial charge in [0.25, 0.3) is 0 Å². The fourth-order valence-electron chi connectivity index (χ4n) is 2.83. The number of anilines is 1. The molecule has 1 aliphatic rings. The maximum absolute atomic E-state index is 5.05. The van der Waals surface area contributed by atoms with Crippen molar-refractivity contribution in [3.8, 4) is 12.0 Å². The van der Waals surface area contributed by atoms with Gasteiger partial charge >= 0.3 is 12.0 Å². The van der Waals surface area contributed by atoms with Crippen LogP contribution in [0.5, 0.6) is 12.0 Å². The Hall–Kier alpha value is -1.59. The second-order valence-corrected chi connectivity index (χ2v) is 5.39. The largest absolute Gasteiger partial charge is 0.467 e. The minimum atomic E-state index is 0.270. The van der Waals surface area contributed by atoms with E-state index in [1.165, 1.54) is 20.6 Å². The molecule has 6 nitrogen and oxygen atoms in total. The molecule has 0 aromatic carbocycles. The second kappa shape index (κ2) is 6.04. The molecular formula is C13H22N4O2. The van der Waals surface area contributed by atoms with E-state index in [2.05, 4.69) is 34.1 Å². The third-order valence-corrected chi connectivity index (χ3v) is 3.47. The second-order valence-electron chi connectivity index (χ2n) is 5.39.